The minimum absolute atomic E-state index is 0.138. The van der Waals surface area contributed by atoms with Gasteiger partial charge in [0.1, 0.15) is 0 Å². The van der Waals surface area contributed by atoms with Crippen molar-refractivity contribution in [2.45, 2.75) is 45.8 Å². The normalized spacial score (nSPS) is 12.7. The molecule has 3 N–H and O–H groups in total. The van der Waals surface area contributed by atoms with Crippen LogP contribution in [0, 0.1) is 0 Å². The van der Waals surface area contributed by atoms with Crippen LogP contribution in [-0.2, 0) is 0 Å². The zero-order chi connectivity index (χ0) is 10.3. The Hall–Kier alpha value is -0.770. The summed E-state index contributed by atoms with van der Waals surface area (Å²) in [5.41, 5.74) is 0. The molecular weight excluding hydrogens is 168 g/mol. The molecule has 0 saturated heterocycles. The van der Waals surface area contributed by atoms with Crippen molar-refractivity contribution in [1.29, 1.82) is 0 Å². The fraction of sp³-hybridized carbons (Fsp3) is 0.889. The molecule has 4 heteroatoms. The van der Waals surface area contributed by atoms with Gasteiger partial charge in [0.15, 0.2) is 0 Å². The summed E-state index contributed by atoms with van der Waals surface area (Å²) in [6.45, 7) is 6.18. The Balaban J connectivity index is 3.27. The number of urea groups is 1. The van der Waals surface area contributed by atoms with E-state index in [1.165, 1.54) is 0 Å². The van der Waals surface area contributed by atoms with Crippen LogP contribution in [0.4, 0.5) is 4.79 Å². The van der Waals surface area contributed by atoms with Gasteiger partial charge in [0.05, 0.1) is 6.10 Å². The summed E-state index contributed by atoms with van der Waals surface area (Å²) in [5.74, 6) is 0. The molecule has 0 bridgehead atoms. The molecule has 0 aromatic heterocycles. The van der Waals surface area contributed by atoms with E-state index in [4.69, 9.17) is 5.11 Å². The molecule has 0 saturated carbocycles. The lowest BCUT2D eigenvalue weighted by atomic mass is 10.2. The smallest absolute Gasteiger partial charge is 0.314 e. The van der Waals surface area contributed by atoms with Gasteiger partial charge in [-0.2, -0.15) is 0 Å². The van der Waals surface area contributed by atoms with Crippen LogP contribution >= 0.6 is 0 Å². The molecule has 0 aromatic carbocycles. The van der Waals surface area contributed by atoms with Crippen molar-refractivity contribution in [2.24, 2.45) is 0 Å². The van der Waals surface area contributed by atoms with Gasteiger partial charge in [-0.05, 0) is 33.6 Å². The number of amides is 2. The van der Waals surface area contributed by atoms with E-state index in [1.807, 2.05) is 13.8 Å². The van der Waals surface area contributed by atoms with Crippen LogP contribution in [0.5, 0.6) is 0 Å². The third-order valence-electron chi connectivity index (χ3n) is 1.50. The highest BCUT2D eigenvalue weighted by atomic mass is 16.3. The first-order chi connectivity index (χ1) is 6.02. The summed E-state index contributed by atoms with van der Waals surface area (Å²) in [7, 11) is 0. The van der Waals surface area contributed by atoms with Crippen LogP contribution in [0.3, 0.4) is 0 Å². The number of aliphatic hydroxyl groups excluding tert-OH is 1. The number of hydrogen-bond acceptors (Lipinski definition) is 2. The Labute approximate surface area is 79.7 Å². The first kappa shape index (κ1) is 12.2. The van der Waals surface area contributed by atoms with Crippen molar-refractivity contribution in [1.82, 2.24) is 10.6 Å². The molecule has 0 rings (SSSR count). The van der Waals surface area contributed by atoms with Crippen LogP contribution in [0.1, 0.15) is 33.6 Å². The summed E-state index contributed by atoms with van der Waals surface area (Å²) in [5, 5.41) is 14.4. The minimum atomic E-state index is -0.282. The second-order valence-electron chi connectivity index (χ2n) is 3.55. The summed E-state index contributed by atoms with van der Waals surface area (Å²) >= 11 is 0. The zero-order valence-electron chi connectivity index (χ0n) is 8.63. The molecule has 0 aliphatic carbocycles. The maximum atomic E-state index is 11.0. The molecule has 0 aromatic rings. The van der Waals surface area contributed by atoms with Gasteiger partial charge in [-0.25, -0.2) is 4.79 Å². The van der Waals surface area contributed by atoms with E-state index in [0.717, 1.165) is 12.8 Å². The Morgan fingerprint density at radius 2 is 2.00 bits per heavy atom. The van der Waals surface area contributed by atoms with E-state index in [0.29, 0.717) is 6.54 Å². The monoisotopic (exact) mass is 188 g/mol. The van der Waals surface area contributed by atoms with Crippen molar-refractivity contribution in [2.75, 3.05) is 6.54 Å². The summed E-state index contributed by atoms with van der Waals surface area (Å²) in [4.78, 5) is 11.0. The molecule has 1 unspecified atom stereocenters. The second kappa shape index (κ2) is 6.71. The average Bonchev–Trinajstić information content (AvgIpc) is 1.96. The maximum absolute atomic E-state index is 11.0. The van der Waals surface area contributed by atoms with Gasteiger partial charge in [-0.3, -0.25) is 0 Å². The third kappa shape index (κ3) is 9.14. The first-order valence-electron chi connectivity index (χ1n) is 4.74. The quantitative estimate of drug-likeness (QED) is 0.560. The molecule has 0 aliphatic rings. The molecule has 0 spiro atoms. The number of nitrogens with one attached hydrogen (secondary N) is 2. The van der Waals surface area contributed by atoms with Gasteiger partial charge >= 0.3 is 6.03 Å². The average molecular weight is 188 g/mol. The van der Waals surface area contributed by atoms with Gasteiger partial charge < -0.3 is 15.7 Å². The van der Waals surface area contributed by atoms with Crippen molar-refractivity contribution in [3.05, 3.63) is 0 Å². The van der Waals surface area contributed by atoms with Crippen LogP contribution in [-0.4, -0.2) is 29.8 Å². The number of carbonyl (C=O) groups is 1. The van der Waals surface area contributed by atoms with Crippen LogP contribution in [0.15, 0.2) is 0 Å². The SMILES string of the molecule is CC(O)CCCNC(=O)NC(C)C. The highest BCUT2D eigenvalue weighted by Crippen LogP contribution is 1.93. The molecule has 0 aliphatic heterocycles. The van der Waals surface area contributed by atoms with Crippen molar-refractivity contribution in [3.8, 4) is 0 Å². The highest BCUT2D eigenvalue weighted by Gasteiger charge is 2.01. The third-order valence-corrected chi connectivity index (χ3v) is 1.50. The first-order valence-corrected chi connectivity index (χ1v) is 4.74. The fourth-order valence-electron chi connectivity index (χ4n) is 0.913. The Bertz CT molecular complexity index is 147. The number of carbonyl (C=O) groups excluding carboxylic acids is 1. The van der Waals surface area contributed by atoms with E-state index in [1.54, 1.807) is 6.92 Å². The Kier molecular flexibility index (Phi) is 6.32. The fourth-order valence-corrected chi connectivity index (χ4v) is 0.913. The van der Waals surface area contributed by atoms with Crippen molar-refractivity contribution in [3.63, 3.8) is 0 Å². The summed E-state index contributed by atoms with van der Waals surface area (Å²) < 4.78 is 0. The van der Waals surface area contributed by atoms with Crippen LogP contribution in [0.2, 0.25) is 0 Å². The molecule has 0 heterocycles. The van der Waals surface area contributed by atoms with E-state index >= 15 is 0 Å². The zero-order valence-corrected chi connectivity index (χ0v) is 8.63. The molecule has 2 amide bonds. The number of aliphatic hydroxyl groups is 1. The van der Waals surface area contributed by atoms with Gasteiger partial charge in [-0.15, -0.1) is 0 Å². The largest absolute Gasteiger partial charge is 0.393 e. The molecule has 4 nitrogen and oxygen atoms in total. The van der Waals surface area contributed by atoms with Crippen LogP contribution in [0.25, 0.3) is 0 Å². The summed E-state index contributed by atoms with van der Waals surface area (Å²) in [6, 6.07) is 0.0253. The molecule has 1 atom stereocenters. The number of hydrogen-bond donors (Lipinski definition) is 3. The van der Waals surface area contributed by atoms with Gasteiger partial charge in [-0.1, -0.05) is 0 Å². The molecule has 78 valence electrons. The summed E-state index contributed by atoms with van der Waals surface area (Å²) in [6.07, 6.45) is 1.25. The standard InChI is InChI=1S/C9H20N2O2/c1-7(2)11-9(13)10-6-4-5-8(3)12/h7-8,12H,4-6H2,1-3H3,(H2,10,11,13). The van der Waals surface area contributed by atoms with E-state index in [9.17, 15) is 4.79 Å². The maximum Gasteiger partial charge on any atom is 0.314 e. The van der Waals surface area contributed by atoms with Crippen LogP contribution < -0.4 is 10.6 Å². The Morgan fingerprint density at radius 3 is 2.46 bits per heavy atom. The van der Waals surface area contributed by atoms with E-state index in [2.05, 4.69) is 10.6 Å². The lowest BCUT2D eigenvalue weighted by Gasteiger charge is -2.10. The lowest BCUT2D eigenvalue weighted by Crippen LogP contribution is -2.39. The van der Waals surface area contributed by atoms with Gasteiger partial charge in [0.25, 0.3) is 0 Å². The topological polar surface area (TPSA) is 61.4 Å². The number of rotatable bonds is 5. The predicted octanol–water partition coefficient (Wildman–Crippen LogP) is 0.855. The van der Waals surface area contributed by atoms with E-state index in [-0.39, 0.29) is 18.2 Å². The predicted molar refractivity (Wildman–Crippen MR) is 52.6 cm³/mol. The minimum Gasteiger partial charge on any atom is -0.393 e. The lowest BCUT2D eigenvalue weighted by molar-refractivity contribution is 0.181. The molecule has 0 radical (unpaired) electrons. The van der Waals surface area contributed by atoms with Crippen molar-refractivity contribution < 1.29 is 9.90 Å². The van der Waals surface area contributed by atoms with E-state index < -0.39 is 0 Å². The Morgan fingerprint density at radius 1 is 1.38 bits per heavy atom. The second-order valence-corrected chi connectivity index (χ2v) is 3.55. The van der Waals surface area contributed by atoms with Gasteiger partial charge in [0.2, 0.25) is 0 Å². The highest BCUT2D eigenvalue weighted by molar-refractivity contribution is 5.73. The molecule has 13 heavy (non-hydrogen) atoms. The molecule has 0 fully saturated rings. The molecular formula is C9H20N2O2. The van der Waals surface area contributed by atoms with Gasteiger partial charge in [0, 0.05) is 12.6 Å². The van der Waals surface area contributed by atoms with Crippen molar-refractivity contribution >= 4 is 6.03 Å².